The predicted octanol–water partition coefficient (Wildman–Crippen LogP) is 4.37. The maximum atomic E-state index is 13.2. The van der Waals surface area contributed by atoms with Crippen molar-refractivity contribution in [3.05, 3.63) is 89.5 Å². The Kier molecular flexibility index (Phi) is 7.37. The molecule has 3 aromatic carbocycles. The fourth-order valence-corrected chi connectivity index (χ4v) is 4.08. The van der Waals surface area contributed by atoms with Crippen molar-refractivity contribution in [2.75, 3.05) is 33.0 Å². The molecule has 0 unspecified atom stereocenters. The highest BCUT2D eigenvalue weighted by Crippen LogP contribution is 2.33. The largest absolute Gasteiger partial charge is 0.488 e. The number of ether oxygens (including phenoxy) is 3. The van der Waals surface area contributed by atoms with E-state index in [1.54, 1.807) is 0 Å². The van der Waals surface area contributed by atoms with Gasteiger partial charge in [-0.15, -0.1) is 12.4 Å². The predicted molar refractivity (Wildman–Crippen MR) is 128 cm³/mol. The van der Waals surface area contributed by atoms with Gasteiger partial charge in [0.1, 0.15) is 12.4 Å². The third-order valence-electron chi connectivity index (χ3n) is 5.86. The van der Waals surface area contributed by atoms with Gasteiger partial charge in [0.05, 0.1) is 5.56 Å². The first-order valence-corrected chi connectivity index (χ1v) is 10.9. The van der Waals surface area contributed by atoms with Crippen LogP contribution in [-0.4, -0.2) is 48.7 Å². The molecule has 0 aliphatic carbocycles. The van der Waals surface area contributed by atoms with Crippen LogP contribution in [-0.2, 0) is 13.2 Å². The summed E-state index contributed by atoms with van der Waals surface area (Å²) in [5, 5.41) is 0. The Morgan fingerprint density at radius 1 is 0.818 bits per heavy atom. The maximum absolute atomic E-state index is 13.2. The van der Waals surface area contributed by atoms with Crippen LogP contribution in [0.2, 0.25) is 0 Å². The van der Waals surface area contributed by atoms with Crippen molar-refractivity contribution in [1.82, 2.24) is 9.80 Å². The number of hydrogen-bond acceptors (Lipinski definition) is 5. The summed E-state index contributed by atoms with van der Waals surface area (Å²) in [5.74, 6) is 2.27. The van der Waals surface area contributed by atoms with Gasteiger partial charge in [0.15, 0.2) is 11.5 Å². The Morgan fingerprint density at radius 2 is 1.55 bits per heavy atom. The number of rotatable bonds is 6. The summed E-state index contributed by atoms with van der Waals surface area (Å²) >= 11 is 0. The van der Waals surface area contributed by atoms with Gasteiger partial charge in [0.2, 0.25) is 6.79 Å². The first kappa shape index (κ1) is 23.0. The lowest BCUT2D eigenvalue weighted by Crippen LogP contribution is -2.48. The van der Waals surface area contributed by atoms with E-state index in [9.17, 15) is 4.79 Å². The molecule has 5 rings (SSSR count). The Balaban J connectivity index is 0.00000259. The standard InChI is InChI=1S/C26H26N2O4.ClH/c29-26(22-8-4-5-9-23(22)30-18-20-6-2-1-3-7-20)28-14-12-27(13-15-28)17-21-10-11-24-25(16-21)32-19-31-24;/h1-11,16H,12-15,17-19H2;1H. The summed E-state index contributed by atoms with van der Waals surface area (Å²) in [6.07, 6.45) is 0. The monoisotopic (exact) mass is 466 g/mol. The first-order valence-electron chi connectivity index (χ1n) is 10.9. The lowest BCUT2D eigenvalue weighted by molar-refractivity contribution is 0.0624. The summed E-state index contributed by atoms with van der Waals surface area (Å²) in [6, 6.07) is 23.6. The highest BCUT2D eigenvalue weighted by Gasteiger charge is 2.24. The number of carbonyl (C=O) groups is 1. The molecular weight excluding hydrogens is 440 g/mol. The van der Waals surface area contributed by atoms with Crippen molar-refractivity contribution in [3.8, 4) is 17.2 Å². The molecule has 7 heteroatoms. The minimum Gasteiger partial charge on any atom is -0.488 e. The van der Waals surface area contributed by atoms with E-state index in [4.69, 9.17) is 14.2 Å². The summed E-state index contributed by atoms with van der Waals surface area (Å²) < 4.78 is 16.9. The van der Waals surface area contributed by atoms with Crippen LogP contribution in [0.15, 0.2) is 72.8 Å². The number of nitrogens with zero attached hydrogens (tertiary/aromatic N) is 2. The maximum Gasteiger partial charge on any atom is 0.257 e. The quantitative estimate of drug-likeness (QED) is 0.540. The molecule has 3 aromatic rings. The van der Waals surface area contributed by atoms with Crippen molar-refractivity contribution >= 4 is 18.3 Å². The number of para-hydroxylation sites is 1. The minimum absolute atomic E-state index is 0. The molecular formula is C26H27ClN2O4. The molecule has 0 aromatic heterocycles. The van der Waals surface area contributed by atoms with Crippen LogP contribution in [0, 0.1) is 0 Å². The van der Waals surface area contributed by atoms with E-state index >= 15 is 0 Å². The molecule has 1 amide bonds. The molecule has 0 radical (unpaired) electrons. The van der Waals surface area contributed by atoms with Crippen LogP contribution < -0.4 is 14.2 Å². The topological polar surface area (TPSA) is 51.2 Å². The molecule has 0 N–H and O–H groups in total. The molecule has 0 bridgehead atoms. The average Bonchev–Trinajstić information content (AvgIpc) is 3.32. The van der Waals surface area contributed by atoms with E-state index in [0.29, 0.717) is 31.0 Å². The summed E-state index contributed by atoms with van der Waals surface area (Å²) in [4.78, 5) is 17.5. The second-order valence-electron chi connectivity index (χ2n) is 8.03. The zero-order chi connectivity index (χ0) is 21.8. The number of benzene rings is 3. The zero-order valence-electron chi connectivity index (χ0n) is 18.3. The van der Waals surface area contributed by atoms with Gasteiger partial charge < -0.3 is 19.1 Å². The summed E-state index contributed by atoms with van der Waals surface area (Å²) in [6.45, 7) is 4.59. The van der Waals surface area contributed by atoms with Crippen LogP contribution in [0.5, 0.6) is 17.2 Å². The Hall–Kier alpha value is -3.22. The number of halogens is 1. The lowest BCUT2D eigenvalue weighted by atomic mass is 10.1. The van der Waals surface area contributed by atoms with E-state index < -0.39 is 0 Å². The molecule has 0 saturated carbocycles. The van der Waals surface area contributed by atoms with Crippen molar-refractivity contribution in [2.45, 2.75) is 13.2 Å². The van der Waals surface area contributed by atoms with Gasteiger partial charge in [-0.2, -0.15) is 0 Å². The number of hydrogen-bond donors (Lipinski definition) is 0. The molecule has 2 aliphatic heterocycles. The molecule has 0 atom stereocenters. The SMILES string of the molecule is Cl.O=C(c1ccccc1OCc1ccccc1)N1CCN(Cc2ccc3c(c2)OCO3)CC1. The van der Waals surface area contributed by atoms with Crippen LogP contribution in [0.4, 0.5) is 0 Å². The minimum atomic E-state index is 0. The number of piperazine rings is 1. The Labute approximate surface area is 200 Å². The van der Waals surface area contributed by atoms with E-state index in [-0.39, 0.29) is 25.1 Å². The second kappa shape index (κ2) is 10.6. The molecule has 2 heterocycles. The fourth-order valence-electron chi connectivity index (χ4n) is 4.08. The van der Waals surface area contributed by atoms with Crippen molar-refractivity contribution in [1.29, 1.82) is 0 Å². The van der Waals surface area contributed by atoms with Crippen LogP contribution >= 0.6 is 12.4 Å². The van der Waals surface area contributed by atoms with E-state index in [0.717, 1.165) is 36.7 Å². The Bertz CT molecular complexity index is 1080. The fraction of sp³-hybridized carbons (Fsp3) is 0.269. The summed E-state index contributed by atoms with van der Waals surface area (Å²) in [7, 11) is 0. The van der Waals surface area contributed by atoms with Crippen molar-refractivity contribution < 1.29 is 19.0 Å². The lowest BCUT2D eigenvalue weighted by Gasteiger charge is -2.35. The van der Waals surface area contributed by atoms with Crippen LogP contribution in [0.25, 0.3) is 0 Å². The molecule has 33 heavy (non-hydrogen) atoms. The highest BCUT2D eigenvalue weighted by atomic mass is 35.5. The molecule has 2 aliphatic rings. The van der Waals surface area contributed by atoms with E-state index in [1.807, 2.05) is 71.6 Å². The average molecular weight is 467 g/mol. The molecule has 1 saturated heterocycles. The molecule has 0 spiro atoms. The molecule has 172 valence electrons. The van der Waals surface area contributed by atoms with Gasteiger partial charge in [0, 0.05) is 32.7 Å². The third-order valence-corrected chi connectivity index (χ3v) is 5.86. The number of amides is 1. The second-order valence-corrected chi connectivity index (χ2v) is 8.03. The smallest absolute Gasteiger partial charge is 0.257 e. The molecule has 6 nitrogen and oxygen atoms in total. The highest BCUT2D eigenvalue weighted by molar-refractivity contribution is 5.97. The number of carbonyl (C=O) groups excluding carboxylic acids is 1. The third kappa shape index (κ3) is 5.41. The van der Waals surface area contributed by atoms with E-state index in [2.05, 4.69) is 11.0 Å². The van der Waals surface area contributed by atoms with Crippen molar-refractivity contribution in [3.63, 3.8) is 0 Å². The normalized spacial score (nSPS) is 15.1. The van der Waals surface area contributed by atoms with Gasteiger partial charge in [-0.05, 0) is 35.4 Å². The van der Waals surface area contributed by atoms with Gasteiger partial charge in [-0.25, -0.2) is 0 Å². The van der Waals surface area contributed by atoms with Gasteiger partial charge >= 0.3 is 0 Å². The van der Waals surface area contributed by atoms with Gasteiger partial charge in [0.25, 0.3) is 5.91 Å². The van der Waals surface area contributed by atoms with Crippen LogP contribution in [0.3, 0.4) is 0 Å². The zero-order valence-corrected chi connectivity index (χ0v) is 19.1. The van der Waals surface area contributed by atoms with Gasteiger partial charge in [-0.3, -0.25) is 9.69 Å². The summed E-state index contributed by atoms with van der Waals surface area (Å²) in [5.41, 5.74) is 2.88. The number of fused-ring (bicyclic) bond motifs is 1. The van der Waals surface area contributed by atoms with Crippen LogP contribution in [0.1, 0.15) is 21.5 Å². The van der Waals surface area contributed by atoms with Crippen molar-refractivity contribution in [2.24, 2.45) is 0 Å². The Morgan fingerprint density at radius 3 is 2.36 bits per heavy atom. The first-order chi connectivity index (χ1) is 15.8. The van der Waals surface area contributed by atoms with Gasteiger partial charge in [-0.1, -0.05) is 48.5 Å². The van der Waals surface area contributed by atoms with E-state index in [1.165, 1.54) is 5.56 Å². The molecule has 1 fully saturated rings.